The Balaban J connectivity index is 1.48. The number of imide groups is 2. The van der Waals surface area contributed by atoms with Crippen molar-refractivity contribution in [2.75, 3.05) is 4.90 Å². The predicted octanol–water partition coefficient (Wildman–Crippen LogP) is 5.36. The molecular weight excluding hydrogens is 430 g/mol. The number of hydrogen-bond donors (Lipinski definition) is 1. The van der Waals surface area contributed by atoms with Gasteiger partial charge in [-0.2, -0.15) is 10.2 Å². The zero-order valence-corrected chi connectivity index (χ0v) is 17.3. The number of benzene rings is 3. The fourth-order valence-corrected chi connectivity index (χ4v) is 3.06. The van der Waals surface area contributed by atoms with Gasteiger partial charge in [0.15, 0.2) is 5.92 Å². The SMILES string of the molecule is O=C1NC(=O)N(c2ccc(Cl)cc2)C(=O)[C@@H]1C=Nc1ccc(N=Nc2ccccc2)cc1. The first kappa shape index (κ1) is 21.1. The number of carbonyl (C=O) groups is 3. The van der Waals surface area contributed by atoms with Crippen LogP contribution in [-0.4, -0.2) is 24.1 Å². The van der Waals surface area contributed by atoms with Crippen LogP contribution in [0.15, 0.2) is 94.1 Å². The molecule has 0 radical (unpaired) electrons. The molecule has 0 bridgehead atoms. The molecule has 8 nitrogen and oxygen atoms in total. The lowest BCUT2D eigenvalue weighted by atomic mass is 10.1. The summed E-state index contributed by atoms with van der Waals surface area (Å²) in [6.45, 7) is 0. The van der Waals surface area contributed by atoms with Crippen LogP contribution in [0, 0.1) is 5.92 Å². The summed E-state index contributed by atoms with van der Waals surface area (Å²) in [5, 5.41) is 10.9. The van der Waals surface area contributed by atoms with E-state index in [0.717, 1.165) is 10.6 Å². The lowest BCUT2D eigenvalue weighted by Crippen LogP contribution is -2.58. The molecule has 9 heteroatoms. The lowest BCUT2D eigenvalue weighted by Gasteiger charge is -2.28. The number of rotatable bonds is 5. The van der Waals surface area contributed by atoms with Gasteiger partial charge in [-0.05, 0) is 60.7 Å². The monoisotopic (exact) mass is 445 g/mol. The maximum Gasteiger partial charge on any atom is 0.335 e. The fraction of sp³-hybridized carbons (Fsp3) is 0.0435. The number of barbiturate groups is 1. The summed E-state index contributed by atoms with van der Waals surface area (Å²) >= 11 is 5.86. The van der Waals surface area contributed by atoms with Crippen LogP contribution in [0.3, 0.4) is 0 Å². The second-order valence-electron chi connectivity index (χ2n) is 6.75. The third-order valence-electron chi connectivity index (χ3n) is 4.55. The highest BCUT2D eigenvalue weighted by molar-refractivity contribution is 6.33. The molecule has 1 fully saturated rings. The molecule has 1 saturated heterocycles. The number of carbonyl (C=O) groups excluding carboxylic acids is 3. The molecule has 3 aromatic rings. The molecular formula is C23H16ClN5O3. The van der Waals surface area contributed by atoms with Crippen LogP contribution in [-0.2, 0) is 9.59 Å². The van der Waals surface area contributed by atoms with Gasteiger partial charge in [-0.15, -0.1) is 0 Å². The molecule has 1 aliphatic rings. The van der Waals surface area contributed by atoms with E-state index in [1.54, 1.807) is 36.4 Å². The Morgan fingerprint density at radius 3 is 2.03 bits per heavy atom. The largest absolute Gasteiger partial charge is 0.335 e. The molecule has 4 amide bonds. The van der Waals surface area contributed by atoms with E-state index in [2.05, 4.69) is 20.5 Å². The van der Waals surface area contributed by atoms with Crippen LogP contribution < -0.4 is 10.2 Å². The first-order chi connectivity index (χ1) is 15.5. The van der Waals surface area contributed by atoms with Crippen molar-refractivity contribution in [3.8, 4) is 0 Å². The van der Waals surface area contributed by atoms with E-state index in [4.69, 9.17) is 11.6 Å². The van der Waals surface area contributed by atoms with Crippen molar-refractivity contribution in [2.24, 2.45) is 21.1 Å². The Labute approximate surface area is 188 Å². The zero-order valence-electron chi connectivity index (χ0n) is 16.6. The van der Waals surface area contributed by atoms with Crippen molar-refractivity contribution >= 4 is 58.4 Å². The Hall–Kier alpha value is -4.17. The smallest absolute Gasteiger partial charge is 0.276 e. The summed E-state index contributed by atoms with van der Waals surface area (Å²) < 4.78 is 0. The molecule has 0 unspecified atom stereocenters. The second kappa shape index (κ2) is 9.32. The number of anilines is 1. The molecule has 0 spiro atoms. The standard InChI is InChI=1S/C23H16ClN5O3/c24-15-6-12-19(13-7-15)29-22(31)20(21(30)26-23(29)32)14-25-16-8-10-18(11-9-16)28-27-17-4-2-1-3-5-17/h1-14,20H,(H,26,30,32)/t20-/m1/s1. The summed E-state index contributed by atoms with van der Waals surface area (Å²) in [4.78, 5) is 42.3. The third-order valence-corrected chi connectivity index (χ3v) is 4.80. The summed E-state index contributed by atoms with van der Waals surface area (Å²) in [5.74, 6) is -2.68. The van der Waals surface area contributed by atoms with Crippen LogP contribution >= 0.6 is 11.6 Å². The summed E-state index contributed by atoms with van der Waals surface area (Å²) in [7, 11) is 0. The molecule has 0 aromatic heterocycles. The van der Waals surface area contributed by atoms with E-state index < -0.39 is 23.8 Å². The average molecular weight is 446 g/mol. The van der Waals surface area contributed by atoms with Crippen LogP contribution in [0.4, 0.5) is 27.5 Å². The minimum atomic E-state index is -1.25. The average Bonchev–Trinajstić information content (AvgIpc) is 2.80. The van der Waals surface area contributed by atoms with Crippen molar-refractivity contribution < 1.29 is 14.4 Å². The van der Waals surface area contributed by atoms with E-state index >= 15 is 0 Å². The quantitative estimate of drug-likeness (QED) is 0.325. The van der Waals surface area contributed by atoms with Gasteiger partial charge in [-0.25, -0.2) is 9.69 Å². The Morgan fingerprint density at radius 2 is 1.38 bits per heavy atom. The number of halogens is 1. The van der Waals surface area contributed by atoms with Gasteiger partial charge in [0.2, 0.25) is 5.91 Å². The van der Waals surface area contributed by atoms with Crippen molar-refractivity contribution in [3.63, 3.8) is 0 Å². The highest BCUT2D eigenvalue weighted by Crippen LogP contribution is 2.24. The van der Waals surface area contributed by atoms with Gasteiger partial charge in [-0.3, -0.25) is 19.9 Å². The Kier molecular flexibility index (Phi) is 6.14. The molecule has 0 saturated carbocycles. The van der Waals surface area contributed by atoms with Crippen LogP contribution in [0.25, 0.3) is 0 Å². The van der Waals surface area contributed by atoms with E-state index in [1.807, 2.05) is 30.3 Å². The highest BCUT2D eigenvalue weighted by Gasteiger charge is 2.40. The van der Waals surface area contributed by atoms with E-state index in [9.17, 15) is 14.4 Å². The molecule has 158 valence electrons. The van der Waals surface area contributed by atoms with Crippen molar-refractivity contribution in [2.45, 2.75) is 0 Å². The van der Waals surface area contributed by atoms with Gasteiger partial charge in [0.25, 0.3) is 5.91 Å². The van der Waals surface area contributed by atoms with Gasteiger partial charge in [0.05, 0.1) is 22.7 Å². The number of urea groups is 1. The van der Waals surface area contributed by atoms with Crippen molar-refractivity contribution in [1.29, 1.82) is 0 Å². The minimum absolute atomic E-state index is 0.302. The molecule has 1 atom stereocenters. The molecule has 0 aliphatic carbocycles. The molecule has 32 heavy (non-hydrogen) atoms. The molecule has 4 rings (SSSR count). The van der Waals surface area contributed by atoms with Gasteiger partial charge in [-0.1, -0.05) is 29.8 Å². The lowest BCUT2D eigenvalue weighted by molar-refractivity contribution is -0.131. The number of amides is 4. The topological polar surface area (TPSA) is 104 Å². The van der Waals surface area contributed by atoms with Crippen LogP contribution in [0.2, 0.25) is 5.02 Å². The van der Waals surface area contributed by atoms with Crippen molar-refractivity contribution in [3.05, 3.63) is 83.9 Å². The highest BCUT2D eigenvalue weighted by atomic mass is 35.5. The maximum absolute atomic E-state index is 12.8. The van der Waals surface area contributed by atoms with Gasteiger partial charge < -0.3 is 0 Å². The van der Waals surface area contributed by atoms with Gasteiger partial charge in [0, 0.05) is 11.2 Å². The third kappa shape index (κ3) is 4.76. The van der Waals surface area contributed by atoms with Crippen molar-refractivity contribution in [1.82, 2.24) is 5.32 Å². The second-order valence-corrected chi connectivity index (χ2v) is 7.19. The van der Waals surface area contributed by atoms with Gasteiger partial charge in [0.1, 0.15) is 0 Å². The molecule has 1 heterocycles. The van der Waals surface area contributed by atoms with E-state index in [1.165, 1.54) is 18.3 Å². The van der Waals surface area contributed by atoms with Crippen LogP contribution in [0.1, 0.15) is 0 Å². The molecule has 3 aromatic carbocycles. The fourth-order valence-electron chi connectivity index (χ4n) is 2.93. The summed E-state index contributed by atoms with van der Waals surface area (Å²) in [6.07, 6.45) is 1.22. The zero-order chi connectivity index (χ0) is 22.5. The predicted molar refractivity (Wildman–Crippen MR) is 121 cm³/mol. The number of nitrogens with zero attached hydrogens (tertiary/aromatic N) is 4. The summed E-state index contributed by atoms with van der Waals surface area (Å²) in [6, 6.07) is 21.4. The van der Waals surface area contributed by atoms with Gasteiger partial charge >= 0.3 is 6.03 Å². The van der Waals surface area contributed by atoms with E-state index in [-0.39, 0.29) is 0 Å². The number of aliphatic imine (C=N–C) groups is 1. The van der Waals surface area contributed by atoms with E-state index in [0.29, 0.717) is 22.1 Å². The maximum atomic E-state index is 12.8. The molecule has 1 N–H and O–H groups in total. The van der Waals surface area contributed by atoms with Crippen LogP contribution in [0.5, 0.6) is 0 Å². The first-order valence-corrected chi connectivity index (χ1v) is 9.94. The number of hydrogen-bond acceptors (Lipinski definition) is 6. The number of azo groups is 1. The Morgan fingerprint density at radius 1 is 0.781 bits per heavy atom. The minimum Gasteiger partial charge on any atom is -0.276 e. The Bertz CT molecular complexity index is 1210. The normalized spacial score (nSPS) is 16.7. The summed E-state index contributed by atoms with van der Waals surface area (Å²) in [5.41, 5.74) is 2.17. The number of nitrogens with one attached hydrogen (secondary N) is 1. The first-order valence-electron chi connectivity index (χ1n) is 9.57. The molecule has 1 aliphatic heterocycles.